The number of hydrogen-bond acceptors (Lipinski definition) is 5. The summed E-state index contributed by atoms with van der Waals surface area (Å²) < 4.78 is 19.5. The molecule has 1 N–H and O–H groups in total. The highest BCUT2D eigenvalue weighted by atomic mass is 127. The van der Waals surface area contributed by atoms with E-state index >= 15 is 0 Å². The van der Waals surface area contributed by atoms with Crippen molar-refractivity contribution in [2.75, 3.05) is 23.0 Å². The lowest BCUT2D eigenvalue weighted by Crippen LogP contribution is -2.57. The van der Waals surface area contributed by atoms with E-state index in [9.17, 15) is 14.7 Å². The van der Waals surface area contributed by atoms with Crippen LogP contribution in [0, 0.1) is 0 Å². The van der Waals surface area contributed by atoms with Gasteiger partial charge in [0.25, 0.3) is 5.91 Å². The Bertz CT molecular complexity index is 1020. The molecule has 0 radical (unpaired) electrons. The Labute approximate surface area is 229 Å². The number of ether oxygens (including phenoxy) is 2. The number of unbranched alkanes of at least 4 members (excludes halogenated alkanes) is 2. The molecule has 2 atom stereocenters. The van der Waals surface area contributed by atoms with E-state index in [1.165, 1.54) is 12.0 Å². The third-order valence-corrected chi connectivity index (χ3v) is 12.5. The summed E-state index contributed by atoms with van der Waals surface area (Å²) in [6.07, 6.45) is 3.37. The quantitative estimate of drug-likeness (QED) is 0.142. The number of halogens is 1. The maximum atomic E-state index is 13.8. The van der Waals surface area contributed by atoms with E-state index < -0.39 is 26.7 Å². The van der Waals surface area contributed by atoms with E-state index in [2.05, 4.69) is 56.5 Å². The van der Waals surface area contributed by atoms with Gasteiger partial charge in [0.15, 0.2) is 26.0 Å². The second-order valence-electron chi connectivity index (χ2n) is 11.0. The van der Waals surface area contributed by atoms with Crippen LogP contribution in [-0.4, -0.2) is 60.7 Å². The first-order valence-electron chi connectivity index (χ1n) is 12.4. The van der Waals surface area contributed by atoms with Crippen LogP contribution in [0.25, 0.3) is 0 Å². The van der Waals surface area contributed by atoms with Gasteiger partial charge in [0.05, 0.1) is 31.0 Å². The van der Waals surface area contributed by atoms with Gasteiger partial charge >= 0.3 is 6.09 Å². The van der Waals surface area contributed by atoms with Crippen molar-refractivity contribution in [2.24, 2.45) is 0 Å². The van der Waals surface area contributed by atoms with Crippen molar-refractivity contribution in [3.8, 4) is 11.5 Å². The maximum absolute atomic E-state index is 13.8. The normalized spacial score (nSPS) is 20.0. The zero-order chi connectivity index (χ0) is 26.8. The Morgan fingerprint density at radius 3 is 2.47 bits per heavy atom. The largest absolute Gasteiger partial charge is 0.493 e. The standard InChI is InChI=1S/C26H39IN2O6Si/c1-17-13-20-24(35-36(6,7)26(2,3)4)29(25(31)32)19-15-22(34-12-10-8-9-11-27)21(33-5)14-18(19)23(30)28(20)16-17/h14-16,20,24H,8-13H2,1-7H3,(H,31,32). The predicted octanol–water partition coefficient (Wildman–Crippen LogP) is 6.64. The summed E-state index contributed by atoms with van der Waals surface area (Å²) in [7, 11) is -0.895. The molecule has 0 bridgehead atoms. The Kier molecular flexibility index (Phi) is 9.03. The summed E-state index contributed by atoms with van der Waals surface area (Å²) >= 11 is 2.36. The van der Waals surface area contributed by atoms with Crippen LogP contribution in [0.15, 0.2) is 23.9 Å². The average molecular weight is 631 g/mol. The number of alkyl halides is 1. The first-order chi connectivity index (χ1) is 16.8. The number of amides is 2. The minimum absolute atomic E-state index is 0.144. The summed E-state index contributed by atoms with van der Waals surface area (Å²) in [5, 5.41) is 10.3. The number of benzene rings is 1. The third kappa shape index (κ3) is 5.85. The van der Waals surface area contributed by atoms with Gasteiger partial charge in [-0.2, -0.15) is 0 Å². The van der Waals surface area contributed by atoms with Crippen LogP contribution in [0.2, 0.25) is 18.1 Å². The van der Waals surface area contributed by atoms with Gasteiger partial charge in [0.2, 0.25) is 0 Å². The summed E-state index contributed by atoms with van der Waals surface area (Å²) in [4.78, 5) is 29.5. The fraction of sp³-hybridized carbons (Fsp3) is 0.615. The molecule has 200 valence electrons. The van der Waals surface area contributed by atoms with Gasteiger partial charge in [0.1, 0.15) is 0 Å². The van der Waals surface area contributed by atoms with Gasteiger partial charge in [-0.1, -0.05) is 48.9 Å². The monoisotopic (exact) mass is 630 g/mol. The molecule has 0 aromatic heterocycles. The molecule has 2 aliphatic rings. The van der Waals surface area contributed by atoms with Gasteiger partial charge in [-0.3, -0.25) is 4.79 Å². The van der Waals surface area contributed by atoms with Crippen LogP contribution < -0.4 is 14.4 Å². The molecule has 1 aromatic carbocycles. The Hall–Kier alpha value is -1.79. The van der Waals surface area contributed by atoms with E-state index in [1.54, 1.807) is 17.0 Å². The van der Waals surface area contributed by atoms with Gasteiger partial charge in [-0.15, -0.1) is 0 Å². The molecule has 36 heavy (non-hydrogen) atoms. The molecule has 2 heterocycles. The summed E-state index contributed by atoms with van der Waals surface area (Å²) in [5.74, 6) is 0.553. The molecule has 1 aromatic rings. The minimum Gasteiger partial charge on any atom is -0.493 e. The second-order valence-corrected chi connectivity index (χ2v) is 16.8. The fourth-order valence-corrected chi connectivity index (χ4v) is 6.04. The molecular formula is C26H39IN2O6Si. The number of anilines is 1. The smallest absolute Gasteiger partial charge is 0.414 e. The van der Waals surface area contributed by atoms with Gasteiger partial charge < -0.3 is 23.9 Å². The number of fused-ring (bicyclic) bond motifs is 2. The van der Waals surface area contributed by atoms with Crippen molar-refractivity contribution in [1.82, 2.24) is 4.90 Å². The molecular weight excluding hydrogens is 591 g/mol. The van der Waals surface area contributed by atoms with Crippen LogP contribution >= 0.6 is 22.6 Å². The van der Waals surface area contributed by atoms with Gasteiger partial charge in [-0.05, 0) is 61.2 Å². The van der Waals surface area contributed by atoms with Gasteiger partial charge in [0, 0.05) is 12.3 Å². The zero-order valence-corrected chi connectivity index (χ0v) is 25.5. The highest BCUT2D eigenvalue weighted by Gasteiger charge is 2.50. The minimum atomic E-state index is -2.42. The first kappa shape index (κ1) is 28.8. The predicted molar refractivity (Wildman–Crippen MR) is 152 cm³/mol. The number of carbonyl (C=O) groups excluding carboxylic acids is 1. The summed E-state index contributed by atoms with van der Waals surface area (Å²) in [6, 6.07) is 2.76. The molecule has 2 unspecified atom stereocenters. The van der Waals surface area contributed by atoms with E-state index in [0.29, 0.717) is 24.5 Å². The van der Waals surface area contributed by atoms with Crippen LogP contribution in [0.4, 0.5) is 10.5 Å². The van der Waals surface area contributed by atoms with Gasteiger partial charge in [-0.25, -0.2) is 9.69 Å². The molecule has 0 spiro atoms. The lowest BCUT2D eigenvalue weighted by Gasteiger charge is -2.44. The average Bonchev–Trinajstić information content (AvgIpc) is 3.15. The SMILES string of the molecule is COc1cc2c(cc1OCCCCCI)N(C(=O)O)C(O[Si](C)(C)C(C)(C)C)C1CC(C)=CN1C2=O. The molecule has 0 saturated heterocycles. The van der Waals surface area contributed by atoms with E-state index in [4.69, 9.17) is 13.9 Å². The van der Waals surface area contributed by atoms with Crippen molar-refractivity contribution < 1.29 is 28.6 Å². The van der Waals surface area contributed by atoms with Crippen LogP contribution in [-0.2, 0) is 4.43 Å². The molecule has 3 rings (SSSR count). The Morgan fingerprint density at radius 1 is 1.19 bits per heavy atom. The van der Waals surface area contributed by atoms with E-state index in [0.717, 1.165) is 29.3 Å². The molecule has 10 heteroatoms. The third-order valence-electron chi connectivity index (χ3n) is 7.30. The summed E-state index contributed by atoms with van der Waals surface area (Å²) in [6.45, 7) is 13.0. The molecule has 0 aliphatic carbocycles. The highest BCUT2D eigenvalue weighted by Crippen LogP contribution is 2.45. The number of carbonyl (C=O) groups is 2. The van der Waals surface area contributed by atoms with Crippen molar-refractivity contribution in [2.45, 2.75) is 83.8 Å². The molecule has 8 nitrogen and oxygen atoms in total. The maximum Gasteiger partial charge on any atom is 0.414 e. The number of rotatable bonds is 9. The lowest BCUT2D eigenvalue weighted by molar-refractivity contribution is 0.0603. The zero-order valence-electron chi connectivity index (χ0n) is 22.4. The van der Waals surface area contributed by atoms with Crippen LogP contribution in [0.5, 0.6) is 11.5 Å². The number of carboxylic acid groups (broad SMARTS) is 1. The summed E-state index contributed by atoms with van der Waals surface area (Å²) in [5.41, 5.74) is 1.52. The Balaban J connectivity index is 2.13. The first-order valence-corrected chi connectivity index (χ1v) is 16.9. The molecule has 2 amide bonds. The second kappa shape index (κ2) is 11.3. The topological polar surface area (TPSA) is 88.5 Å². The van der Waals surface area contributed by atoms with Crippen molar-refractivity contribution in [3.63, 3.8) is 0 Å². The number of methoxy groups -OCH3 is 1. The molecule has 2 aliphatic heterocycles. The number of nitrogens with zero attached hydrogens (tertiary/aromatic N) is 2. The number of hydrogen-bond donors (Lipinski definition) is 1. The molecule has 0 fully saturated rings. The van der Waals surface area contributed by atoms with Crippen molar-refractivity contribution in [1.29, 1.82) is 0 Å². The molecule has 0 saturated carbocycles. The lowest BCUT2D eigenvalue weighted by atomic mass is 10.1. The Morgan fingerprint density at radius 2 is 1.89 bits per heavy atom. The van der Waals surface area contributed by atoms with Crippen molar-refractivity contribution >= 4 is 48.6 Å². The van der Waals surface area contributed by atoms with E-state index in [-0.39, 0.29) is 22.2 Å². The highest BCUT2D eigenvalue weighted by molar-refractivity contribution is 14.1. The van der Waals surface area contributed by atoms with Crippen molar-refractivity contribution in [3.05, 3.63) is 29.5 Å². The van der Waals surface area contributed by atoms with E-state index in [1.807, 2.05) is 13.1 Å². The fourth-order valence-electron chi connectivity index (χ4n) is 4.28. The van der Waals surface area contributed by atoms with Crippen LogP contribution in [0.1, 0.15) is 63.7 Å². The van der Waals surface area contributed by atoms with Crippen LogP contribution in [0.3, 0.4) is 0 Å².